The van der Waals surface area contributed by atoms with Crippen LogP contribution >= 0.6 is 0 Å². The minimum absolute atomic E-state index is 0.0376. The molecule has 1 amide bonds. The first-order chi connectivity index (χ1) is 9.63. The van der Waals surface area contributed by atoms with Crippen molar-refractivity contribution in [2.45, 2.75) is 12.5 Å². The van der Waals surface area contributed by atoms with E-state index in [0.29, 0.717) is 16.5 Å². The van der Waals surface area contributed by atoms with Gasteiger partial charge < -0.3 is 15.5 Å². The highest BCUT2D eigenvalue weighted by molar-refractivity contribution is 6.07. The summed E-state index contributed by atoms with van der Waals surface area (Å²) >= 11 is 0. The number of hydrogen-bond acceptors (Lipinski definition) is 4. The summed E-state index contributed by atoms with van der Waals surface area (Å²) in [6, 6.07) is 7.41. The van der Waals surface area contributed by atoms with E-state index in [9.17, 15) is 9.59 Å². The number of nitrogens with zero attached hydrogens (tertiary/aromatic N) is 1. The number of carboxylic acids is 1. The molecule has 0 saturated carbocycles. The van der Waals surface area contributed by atoms with E-state index in [0.717, 1.165) is 0 Å². The van der Waals surface area contributed by atoms with Crippen LogP contribution in [0.5, 0.6) is 0 Å². The first-order valence-electron chi connectivity index (χ1n) is 6.11. The quantitative estimate of drug-likeness (QED) is 0.749. The van der Waals surface area contributed by atoms with E-state index in [2.05, 4.69) is 10.3 Å². The summed E-state index contributed by atoms with van der Waals surface area (Å²) in [5.74, 6) is -1.67. The highest BCUT2D eigenvalue weighted by atomic mass is 16.4. The minimum Gasteiger partial charge on any atom is -0.480 e. The van der Waals surface area contributed by atoms with Crippen LogP contribution in [-0.2, 0) is 4.79 Å². The Morgan fingerprint density at radius 3 is 2.75 bits per heavy atom. The first kappa shape index (κ1) is 14.0. The lowest BCUT2D eigenvalue weighted by Crippen LogP contribution is -2.41. The van der Waals surface area contributed by atoms with E-state index >= 15 is 0 Å². The van der Waals surface area contributed by atoms with Crippen molar-refractivity contribution in [3.63, 3.8) is 0 Å². The molecule has 1 aromatic carbocycles. The van der Waals surface area contributed by atoms with Gasteiger partial charge in [-0.1, -0.05) is 12.1 Å². The minimum atomic E-state index is -1.18. The van der Waals surface area contributed by atoms with Crippen LogP contribution in [0, 0.1) is 0 Å². The molecule has 2 rings (SSSR count). The molecule has 3 N–H and O–H groups in total. The van der Waals surface area contributed by atoms with Crippen LogP contribution in [0.25, 0.3) is 10.9 Å². The molecule has 1 heterocycles. The number of aliphatic carboxylic acids is 1. The molecule has 0 radical (unpaired) electrons. The van der Waals surface area contributed by atoms with Crippen LogP contribution in [0.2, 0.25) is 0 Å². The monoisotopic (exact) mass is 274 g/mol. The second-order valence-corrected chi connectivity index (χ2v) is 4.25. The SMILES string of the molecule is O=C(N[C@@H](CCO)C(=O)O)c1cccc2ncccc12. The number of carboxylic acid groups (broad SMARTS) is 1. The molecular weight excluding hydrogens is 260 g/mol. The number of carbonyl (C=O) groups is 2. The van der Waals surface area contributed by atoms with Crippen molar-refractivity contribution in [3.05, 3.63) is 42.1 Å². The summed E-state index contributed by atoms with van der Waals surface area (Å²) < 4.78 is 0. The number of aliphatic hydroxyl groups is 1. The second-order valence-electron chi connectivity index (χ2n) is 4.25. The number of aromatic nitrogens is 1. The topological polar surface area (TPSA) is 99.5 Å². The van der Waals surface area contributed by atoms with Gasteiger partial charge in [0.05, 0.1) is 5.52 Å². The van der Waals surface area contributed by atoms with E-state index in [4.69, 9.17) is 10.2 Å². The predicted molar refractivity (Wildman–Crippen MR) is 72.3 cm³/mol. The Morgan fingerprint density at radius 1 is 1.25 bits per heavy atom. The van der Waals surface area contributed by atoms with E-state index in [1.807, 2.05) is 0 Å². The van der Waals surface area contributed by atoms with Crippen molar-refractivity contribution in [2.75, 3.05) is 6.61 Å². The van der Waals surface area contributed by atoms with Gasteiger partial charge in [0.2, 0.25) is 0 Å². The lowest BCUT2D eigenvalue weighted by Gasteiger charge is -2.14. The predicted octanol–water partition coefficient (Wildman–Crippen LogP) is 0.800. The standard InChI is InChI=1S/C14H14N2O4/c17-8-6-12(14(19)20)16-13(18)10-3-1-5-11-9(10)4-2-7-15-11/h1-5,7,12,17H,6,8H2,(H,16,18)(H,19,20)/t12-/m0/s1. The number of benzene rings is 1. The molecule has 0 unspecified atom stereocenters. The summed E-state index contributed by atoms with van der Waals surface area (Å²) in [6.45, 7) is -0.311. The zero-order valence-electron chi connectivity index (χ0n) is 10.6. The summed E-state index contributed by atoms with van der Waals surface area (Å²) in [6.07, 6.45) is 1.58. The average Bonchev–Trinajstić information content (AvgIpc) is 2.46. The molecule has 1 aromatic heterocycles. The largest absolute Gasteiger partial charge is 0.480 e. The van der Waals surface area contributed by atoms with Crippen LogP contribution in [0.15, 0.2) is 36.5 Å². The lowest BCUT2D eigenvalue weighted by molar-refractivity contribution is -0.139. The fourth-order valence-corrected chi connectivity index (χ4v) is 1.92. The van der Waals surface area contributed by atoms with Gasteiger partial charge in [-0.15, -0.1) is 0 Å². The third-order valence-electron chi connectivity index (χ3n) is 2.91. The van der Waals surface area contributed by atoms with Gasteiger partial charge in [-0.25, -0.2) is 4.79 Å². The van der Waals surface area contributed by atoms with Crippen LogP contribution < -0.4 is 5.32 Å². The van der Waals surface area contributed by atoms with Gasteiger partial charge in [-0.2, -0.15) is 0 Å². The van der Waals surface area contributed by atoms with Gasteiger partial charge in [0.15, 0.2) is 0 Å². The lowest BCUT2D eigenvalue weighted by atomic mass is 10.1. The summed E-state index contributed by atoms with van der Waals surface area (Å²) in [7, 11) is 0. The molecule has 6 heteroatoms. The Balaban J connectivity index is 2.29. The number of fused-ring (bicyclic) bond motifs is 1. The number of carbonyl (C=O) groups excluding carboxylic acids is 1. The normalized spacial score (nSPS) is 12.1. The van der Waals surface area contributed by atoms with E-state index in [1.54, 1.807) is 36.5 Å². The Hall–Kier alpha value is -2.47. The third kappa shape index (κ3) is 2.92. The molecule has 104 valence electrons. The molecule has 0 bridgehead atoms. The van der Waals surface area contributed by atoms with E-state index in [-0.39, 0.29) is 13.0 Å². The van der Waals surface area contributed by atoms with Gasteiger partial charge in [0.25, 0.3) is 5.91 Å². The van der Waals surface area contributed by atoms with Crippen molar-refractivity contribution in [1.82, 2.24) is 10.3 Å². The number of aliphatic hydroxyl groups excluding tert-OH is 1. The van der Waals surface area contributed by atoms with Gasteiger partial charge in [-0.05, 0) is 18.2 Å². The highest BCUT2D eigenvalue weighted by Gasteiger charge is 2.20. The van der Waals surface area contributed by atoms with Crippen molar-refractivity contribution in [3.8, 4) is 0 Å². The number of amides is 1. The zero-order valence-corrected chi connectivity index (χ0v) is 10.6. The van der Waals surface area contributed by atoms with E-state index in [1.165, 1.54) is 0 Å². The Morgan fingerprint density at radius 2 is 2.05 bits per heavy atom. The maximum atomic E-state index is 12.2. The molecule has 0 saturated heterocycles. The summed E-state index contributed by atoms with van der Waals surface area (Å²) in [5, 5.41) is 20.8. The smallest absolute Gasteiger partial charge is 0.326 e. The van der Waals surface area contributed by atoms with E-state index < -0.39 is 17.9 Å². The van der Waals surface area contributed by atoms with Crippen LogP contribution in [-0.4, -0.2) is 39.7 Å². The summed E-state index contributed by atoms with van der Waals surface area (Å²) in [5.41, 5.74) is 1.02. The van der Waals surface area contributed by atoms with Crippen molar-refractivity contribution in [1.29, 1.82) is 0 Å². The fourth-order valence-electron chi connectivity index (χ4n) is 1.92. The Bertz CT molecular complexity index is 637. The molecule has 0 spiro atoms. The van der Waals surface area contributed by atoms with Crippen LogP contribution in [0.4, 0.5) is 0 Å². The van der Waals surface area contributed by atoms with Crippen molar-refractivity contribution < 1.29 is 19.8 Å². The maximum Gasteiger partial charge on any atom is 0.326 e. The second kappa shape index (κ2) is 6.12. The number of hydrogen-bond donors (Lipinski definition) is 3. The number of rotatable bonds is 5. The van der Waals surface area contributed by atoms with Crippen LogP contribution in [0.1, 0.15) is 16.8 Å². The molecular formula is C14H14N2O4. The first-order valence-corrected chi connectivity index (χ1v) is 6.11. The maximum absolute atomic E-state index is 12.2. The fraction of sp³-hybridized carbons (Fsp3) is 0.214. The summed E-state index contributed by atoms with van der Waals surface area (Å²) in [4.78, 5) is 27.3. The zero-order chi connectivity index (χ0) is 14.5. The Kier molecular flexibility index (Phi) is 4.27. The molecule has 0 aliphatic rings. The number of nitrogens with one attached hydrogen (secondary N) is 1. The number of pyridine rings is 1. The molecule has 1 atom stereocenters. The van der Waals surface area contributed by atoms with Gasteiger partial charge >= 0.3 is 5.97 Å². The van der Waals surface area contributed by atoms with Gasteiger partial charge in [0, 0.05) is 30.2 Å². The van der Waals surface area contributed by atoms with Crippen LogP contribution in [0.3, 0.4) is 0 Å². The molecule has 0 fully saturated rings. The van der Waals surface area contributed by atoms with Gasteiger partial charge in [0.1, 0.15) is 6.04 Å². The van der Waals surface area contributed by atoms with Crippen molar-refractivity contribution in [2.24, 2.45) is 0 Å². The molecule has 20 heavy (non-hydrogen) atoms. The molecule has 0 aliphatic carbocycles. The highest BCUT2D eigenvalue weighted by Crippen LogP contribution is 2.16. The molecule has 0 aliphatic heterocycles. The molecule has 2 aromatic rings. The molecule has 6 nitrogen and oxygen atoms in total. The third-order valence-corrected chi connectivity index (χ3v) is 2.91. The van der Waals surface area contributed by atoms with Crippen molar-refractivity contribution >= 4 is 22.8 Å². The Labute approximate surface area is 115 Å². The average molecular weight is 274 g/mol. The van der Waals surface area contributed by atoms with Gasteiger partial charge in [-0.3, -0.25) is 9.78 Å².